The van der Waals surface area contributed by atoms with E-state index in [1.807, 2.05) is 0 Å². The van der Waals surface area contributed by atoms with Crippen molar-refractivity contribution >= 4 is 28.9 Å². The first-order valence-corrected chi connectivity index (χ1v) is 5.40. The molecule has 2 N–H and O–H groups in total. The Balaban J connectivity index is 2.34. The van der Waals surface area contributed by atoms with Gasteiger partial charge in [0.1, 0.15) is 5.75 Å². The quantitative estimate of drug-likeness (QED) is 0.807. The molecule has 4 heteroatoms. The molecule has 0 unspecified atom stereocenters. The van der Waals surface area contributed by atoms with Crippen LogP contribution in [0.4, 0.5) is 5.69 Å². The predicted molar refractivity (Wildman–Crippen MR) is 67.4 cm³/mol. The number of hydrogen-bond acceptors (Lipinski definition) is 2. The largest absolute Gasteiger partial charge is 0.454 e. The summed E-state index contributed by atoms with van der Waals surface area (Å²) < 4.78 is 5.58. The minimum Gasteiger partial charge on any atom is -0.454 e. The number of ether oxygens (including phenoxy) is 1. The number of hydrogen-bond donors (Lipinski definition) is 1. The lowest BCUT2D eigenvalue weighted by atomic mass is 10.3. The number of halogens is 2. The van der Waals surface area contributed by atoms with Crippen LogP contribution in [0.1, 0.15) is 0 Å². The van der Waals surface area contributed by atoms with Crippen molar-refractivity contribution < 1.29 is 4.74 Å². The Hall–Kier alpha value is -1.38. The standard InChI is InChI=1S/C12H9Cl2NO/c13-10-5-2-6-11(14)12(10)16-9-4-1-3-8(15)7-9/h1-7H,15H2. The minimum absolute atomic E-state index is 0.441. The highest BCUT2D eigenvalue weighted by Gasteiger charge is 2.07. The second-order valence-electron chi connectivity index (χ2n) is 3.23. The van der Waals surface area contributed by atoms with Gasteiger partial charge in [0.2, 0.25) is 0 Å². The molecule has 82 valence electrons. The number of nitrogen functional groups attached to an aromatic ring is 1. The van der Waals surface area contributed by atoms with E-state index in [1.54, 1.807) is 42.5 Å². The van der Waals surface area contributed by atoms with Crippen LogP contribution in [0, 0.1) is 0 Å². The van der Waals surface area contributed by atoms with Gasteiger partial charge in [-0.15, -0.1) is 0 Å². The zero-order valence-corrected chi connectivity index (χ0v) is 9.79. The number of benzene rings is 2. The Bertz CT molecular complexity index is 494. The van der Waals surface area contributed by atoms with Gasteiger partial charge >= 0.3 is 0 Å². The molecular weight excluding hydrogens is 245 g/mol. The van der Waals surface area contributed by atoms with Crippen LogP contribution < -0.4 is 10.5 Å². The van der Waals surface area contributed by atoms with Gasteiger partial charge in [-0.1, -0.05) is 35.3 Å². The van der Waals surface area contributed by atoms with E-state index in [0.29, 0.717) is 27.2 Å². The lowest BCUT2D eigenvalue weighted by Gasteiger charge is -2.09. The summed E-state index contributed by atoms with van der Waals surface area (Å²) in [6.07, 6.45) is 0. The first-order valence-electron chi connectivity index (χ1n) is 4.64. The maximum atomic E-state index is 5.98. The molecule has 0 aliphatic heterocycles. The third-order valence-corrected chi connectivity index (χ3v) is 2.59. The van der Waals surface area contributed by atoms with E-state index in [9.17, 15) is 0 Å². The molecule has 16 heavy (non-hydrogen) atoms. The van der Waals surface area contributed by atoms with Crippen LogP contribution in [-0.2, 0) is 0 Å². The molecule has 0 aromatic heterocycles. The predicted octanol–water partition coefficient (Wildman–Crippen LogP) is 4.37. The van der Waals surface area contributed by atoms with Crippen molar-refractivity contribution in [1.29, 1.82) is 0 Å². The third-order valence-electron chi connectivity index (χ3n) is 2.00. The Labute approximate surface area is 104 Å². The minimum atomic E-state index is 0.441. The van der Waals surface area contributed by atoms with Crippen molar-refractivity contribution in [3.05, 3.63) is 52.5 Å². The second kappa shape index (κ2) is 4.64. The third kappa shape index (κ3) is 2.40. The van der Waals surface area contributed by atoms with Gasteiger partial charge in [-0.3, -0.25) is 0 Å². The second-order valence-corrected chi connectivity index (χ2v) is 4.04. The van der Waals surface area contributed by atoms with Crippen molar-refractivity contribution in [2.45, 2.75) is 0 Å². The van der Waals surface area contributed by atoms with Crippen molar-refractivity contribution in [2.75, 3.05) is 5.73 Å². The molecule has 0 amide bonds. The number of nitrogens with two attached hydrogens (primary N) is 1. The van der Waals surface area contributed by atoms with Gasteiger partial charge in [0.25, 0.3) is 0 Å². The zero-order valence-electron chi connectivity index (χ0n) is 8.28. The average molecular weight is 254 g/mol. The van der Waals surface area contributed by atoms with Crippen LogP contribution in [0.15, 0.2) is 42.5 Å². The zero-order chi connectivity index (χ0) is 11.5. The summed E-state index contributed by atoms with van der Waals surface area (Å²) in [6.45, 7) is 0. The molecule has 0 aliphatic rings. The van der Waals surface area contributed by atoms with Crippen LogP contribution in [0.3, 0.4) is 0 Å². The molecule has 0 aliphatic carbocycles. The summed E-state index contributed by atoms with van der Waals surface area (Å²) >= 11 is 12.0. The van der Waals surface area contributed by atoms with Crippen molar-refractivity contribution in [3.63, 3.8) is 0 Å². The molecule has 2 nitrogen and oxygen atoms in total. The Kier molecular flexibility index (Phi) is 3.22. The summed E-state index contributed by atoms with van der Waals surface area (Å²) in [4.78, 5) is 0. The van der Waals surface area contributed by atoms with Gasteiger partial charge in [-0.2, -0.15) is 0 Å². The number of rotatable bonds is 2. The first kappa shape index (κ1) is 11.1. The fourth-order valence-corrected chi connectivity index (χ4v) is 1.75. The van der Waals surface area contributed by atoms with Crippen LogP contribution in [0.25, 0.3) is 0 Å². The van der Waals surface area contributed by atoms with Crippen molar-refractivity contribution in [3.8, 4) is 11.5 Å². The summed E-state index contributed by atoms with van der Waals surface area (Å²) in [7, 11) is 0. The molecule has 0 spiro atoms. The van der Waals surface area contributed by atoms with Crippen LogP contribution in [0.2, 0.25) is 10.0 Å². The molecule has 0 atom stereocenters. The molecule has 0 heterocycles. The molecule has 0 radical (unpaired) electrons. The average Bonchev–Trinajstić information content (AvgIpc) is 2.24. The fourth-order valence-electron chi connectivity index (χ4n) is 1.28. The molecule has 0 bridgehead atoms. The van der Waals surface area contributed by atoms with E-state index in [-0.39, 0.29) is 0 Å². The van der Waals surface area contributed by atoms with Crippen LogP contribution in [0.5, 0.6) is 11.5 Å². The highest BCUT2D eigenvalue weighted by molar-refractivity contribution is 6.37. The normalized spacial score (nSPS) is 10.1. The van der Waals surface area contributed by atoms with E-state index in [1.165, 1.54) is 0 Å². The highest BCUT2D eigenvalue weighted by Crippen LogP contribution is 2.36. The maximum absolute atomic E-state index is 5.98. The number of anilines is 1. The smallest absolute Gasteiger partial charge is 0.164 e. The monoisotopic (exact) mass is 253 g/mol. The maximum Gasteiger partial charge on any atom is 0.164 e. The highest BCUT2D eigenvalue weighted by atomic mass is 35.5. The SMILES string of the molecule is Nc1cccc(Oc2c(Cl)cccc2Cl)c1. The van der Waals surface area contributed by atoms with Crippen molar-refractivity contribution in [1.82, 2.24) is 0 Å². The molecule has 0 saturated heterocycles. The number of para-hydroxylation sites is 1. The lowest BCUT2D eigenvalue weighted by Crippen LogP contribution is -1.89. The summed E-state index contributed by atoms with van der Waals surface area (Å²) in [5.41, 5.74) is 6.27. The van der Waals surface area contributed by atoms with E-state index < -0.39 is 0 Å². The van der Waals surface area contributed by atoms with Crippen LogP contribution >= 0.6 is 23.2 Å². The van der Waals surface area contributed by atoms with E-state index in [2.05, 4.69) is 0 Å². The van der Waals surface area contributed by atoms with Gasteiger partial charge in [0.15, 0.2) is 5.75 Å². The van der Waals surface area contributed by atoms with Gasteiger partial charge in [0, 0.05) is 11.8 Å². The molecular formula is C12H9Cl2NO. The summed E-state index contributed by atoms with van der Waals surface area (Å²) in [5.74, 6) is 1.05. The fraction of sp³-hybridized carbons (Fsp3) is 0. The van der Waals surface area contributed by atoms with E-state index >= 15 is 0 Å². The molecule has 2 aromatic rings. The Morgan fingerprint density at radius 1 is 0.938 bits per heavy atom. The topological polar surface area (TPSA) is 35.2 Å². The van der Waals surface area contributed by atoms with Crippen LogP contribution in [-0.4, -0.2) is 0 Å². The Morgan fingerprint density at radius 3 is 2.19 bits per heavy atom. The molecule has 2 rings (SSSR count). The molecule has 0 saturated carbocycles. The summed E-state index contributed by atoms with van der Waals surface area (Å²) in [6, 6.07) is 12.3. The first-order chi connectivity index (χ1) is 7.66. The Morgan fingerprint density at radius 2 is 1.56 bits per heavy atom. The van der Waals surface area contributed by atoms with Gasteiger partial charge < -0.3 is 10.5 Å². The van der Waals surface area contributed by atoms with E-state index in [4.69, 9.17) is 33.7 Å². The van der Waals surface area contributed by atoms with Gasteiger partial charge in [-0.25, -0.2) is 0 Å². The lowest BCUT2D eigenvalue weighted by molar-refractivity contribution is 0.483. The van der Waals surface area contributed by atoms with Gasteiger partial charge in [-0.05, 0) is 24.3 Å². The van der Waals surface area contributed by atoms with Crippen molar-refractivity contribution in [2.24, 2.45) is 0 Å². The summed E-state index contributed by atoms with van der Waals surface area (Å²) in [5, 5.41) is 0.935. The van der Waals surface area contributed by atoms with E-state index in [0.717, 1.165) is 0 Å². The molecule has 0 fully saturated rings. The van der Waals surface area contributed by atoms with Gasteiger partial charge in [0.05, 0.1) is 10.0 Å². The molecule has 2 aromatic carbocycles.